The molecule has 0 fully saturated rings. The van der Waals surface area contributed by atoms with Gasteiger partial charge in [-0.2, -0.15) is 0 Å². The molecule has 1 aromatic rings. The molecule has 21 heavy (non-hydrogen) atoms. The van der Waals surface area contributed by atoms with Gasteiger partial charge >= 0.3 is 5.97 Å². The Morgan fingerprint density at radius 1 is 1.38 bits per heavy atom. The summed E-state index contributed by atoms with van der Waals surface area (Å²) in [6.45, 7) is 9.13. The lowest BCUT2D eigenvalue weighted by molar-refractivity contribution is -0.145. The van der Waals surface area contributed by atoms with Crippen LogP contribution in [0.5, 0.6) is 0 Å². The fourth-order valence-electron chi connectivity index (χ4n) is 2.75. The Balaban J connectivity index is 2.32. The van der Waals surface area contributed by atoms with E-state index in [9.17, 15) is 4.79 Å². The second kappa shape index (κ2) is 6.88. The normalized spacial score (nSPS) is 20.7. The molecule has 0 saturated heterocycles. The number of thiazole rings is 1. The first-order chi connectivity index (χ1) is 10.1. The minimum absolute atomic E-state index is 0.134. The fourth-order valence-corrected chi connectivity index (χ4v) is 4.09. The number of ether oxygens (including phenoxy) is 2. The van der Waals surface area contributed by atoms with E-state index in [-0.39, 0.29) is 17.5 Å². The van der Waals surface area contributed by atoms with E-state index in [2.05, 4.69) is 13.8 Å². The van der Waals surface area contributed by atoms with E-state index in [0.29, 0.717) is 13.2 Å². The summed E-state index contributed by atoms with van der Waals surface area (Å²) in [6.07, 6.45) is 3.74. The molecule has 1 aliphatic rings. The molecule has 0 radical (unpaired) electrons. The van der Waals surface area contributed by atoms with Gasteiger partial charge < -0.3 is 9.47 Å². The van der Waals surface area contributed by atoms with Gasteiger partial charge in [-0.3, -0.25) is 4.79 Å². The van der Waals surface area contributed by atoms with Gasteiger partial charge in [0.25, 0.3) is 0 Å². The van der Waals surface area contributed by atoms with Crippen molar-refractivity contribution >= 4 is 17.3 Å². The highest BCUT2D eigenvalue weighted by Gasteiger charge is 2.36. The molecule has 0 amide bonds. The first-order valence-electron chi connectivity index (χ1n) is 7.86. The van der Waals surface area contributed by atoms with Crippen LogP contribution in [0.1, 0.15) is 68.5 Å². The molecule has 2 unspecified atom stereocenters. The maximum absolute atomic E-state index is 12.1. The van der Waals surface area contributed by atoms with Gasteiger partial charge in [0.05, 0.1) is 12.3 Å². The zero-order chi connectivity index (χ0) is 15.5. The van der Waals surface area contributed by atoms with E-state index < -0.39 is 0 Å². The molecule has 0 aliphatic heterocycles. The summed E-state index contributed by atoms with van der Waals surface area (Å²) in [6, 6.07) is 0. The lowest BCUT2D eigenvalue weighted by Gasteiger charge is -2.25. The Hall–Kier alpha value is -0.940. The fraction of sp³-hybridized carbons (Fsp3) is 0.750. The quantitative estimate of drug-likeness (QED) is 0.750. The van der Waals surface area contributed by atoms with Gasteiger partial charge in [-0.1, -0.05) is 6.92 Å². The van der Waals surface area contributed by atoms with Crippen molar-refractivity contribution in [2.45, 2.75) is 64.9 Å². The molecule has 0 saturated carbocycles. The highest BCUT2D eigenvalue weighted by Crippen LogP contribution is 2.40. The molecular weight excluding hydrogens is 286 g/mol. The van der Waals surface area contributed by atoms with E-state index in [0.717, 1.165) is 36.4 Å². The van der Waals surface area contributed by atoms with Crippen molar-refractivity contribution in [2.75, 3.05) is 13.2 Å². The Kier molecular flexibility index (Phi) is 5.38. The van der Waals surface area contributed by atoms with Crippen LogP contribution in [0.25, 0.3) is 0 Å². The summed E-state index contributed by atoms with van der Waals surface area (Å²) in [5, 5.41) is 0.994. The van der Waals surface area contributed by atoms with E-state index in [1.165, 1.54) is 4.88 Å². The van der Waals surface area contributed by atoms with Crippen molar-refractivity contribution in [3.63, 3.8) is 0 Å². The zero-order valence-corrected chi connectivity index (χ0v) is 14.2. The van der Waals surface area contributed by atoms with Crippen LogP contribution in [0.4, 0.5) is 0 Å². The minimum Gasteiger partial charge on any atom is -0.465 e. The molecule has 0 N–H and O–H groups in total. The average Bonchev–Trinajstić information content (AvgIpc) is 2.92. The minimum atomic E-state index is -0.351. The molecule has 0 aromatic carbocycles. The van der Waals surface area contributed by atoms with Crippen LogP contribution in [0.3, 0.4) is 0 Å². The molecule has 118 valence electrons. The second-order valence-corrected chi connectivity index (χ2v) is 6.63. The Morgan fingerprint density at radius 3 is 2.76 bits per heavy atom. The van der Waals surface area contributed by atoms with Crippen molar-refractivity contribution < 1.29 is 14.3 Å². The molecule has 1 aliphatic carbocycles. The molecule has 1 aromatic heterocycles. The number of rotatable bonds is 6. The van der Waals surface area contributed by atoms with Gasteiger partial charge in [0, 0.05) is 11.5 Å². The van der Waals surface area contributed by atoms with E-state index >= 15 is 0 Å². The first-order valence-corrected chi connectivity index (χ1v) is 8.68. The molecule has 2 rings (SSSR count). The lowest BCUT2D eigenvalue weighted by atomic mass is 9.91. The summed E-state index contributed by atoms with van der Waals surface area (Å²) in [5.74, 6) is -0.327. The number of hydrogen-bond acceptors (Lipinski definition) is 5. The van der Waals surface area contributed by atoms with Crippen molar-refractivity contribution in [1.29, 1.82) is 0 Å². The molecule has 5 heteroatoms. The topological polar surface area (TPSA) is 48.4 Å². The number of aryl methyl sites for hydroxylation is 1. The molecule has 0 bridgehead atoms. The third-order valence-corrected chi connectivity index (χ3v) is 5.49. The van der Waals surface area contributed by atoms with Crippen LogP contribution in [-0.2, 0) is 26.3 Å². The van der Waals surface area contributed by atoms with Crippen molar-refractivity contribution in [1.82, 2.24) is 4.98 Å². The van der Waals surface area contributed by atoms with E-state index in [1.54, 1.807) is 11.3 Å². The van der Waals surface area contributed by atoms with E-state index in [1.807, 2.05) is 13.8 Å². The molecule has 0 spiro atoms. The first kappa shape index (κ1) is 16.4. The molecule has 4 nitrogen and oxygen atoms in total. The smallest absolute Gasteiger partial charge is 0.315 e. The Morgan fingerprint density at radius 2 is 2.14 bits per heavy atom. The second-order valence-electron chi connectivity index (χ2n) is 5.54. The van der Waals surface area contributed by atoms with Gasteiger partial charge in [0.1, 0.15) is 16.5 Å². The number of fused-ring (bicyclic) bond motifs is 1. The maximum Gasteiger partial charge on any atom is 0.315 e. The summed E-state index contributed by atoms with van der Waals surface area (Å²) < 4.78 is 11.1. The number of nitrogens with zero attached hydrogens (tertiary/aromatic N) is 1. The number of hydrogen-bond donors (Lipinski definition) is 0. The predicted molar refractivity (Wildman–Crippen MR) is 83.7 cm³/mol. The van der Waals surface area contributed by atoms with Crippen LogP contribution in [0, 0.1) is 0 Å². The largest absolute Gasteiger partial charge is 0.465 e. The van der Waals surface area contributed by atoms with Crippen molar-refractivity contribution in [3.05, 3.63) is 15.6 Å². The van der Waals surface area contributed by atoms with Gasteiger partial charge in [-0.25, -0.2) is 4.98 Å². The monoisotopic (exact) mass is 311 g/mol. The lowest BCUT2D eigenvalue weighted by Crippen LogP contribution is -2.25. The third-order valence-electron chi connectivity index (χ3n) is 4.12. The summed E-state index contributed by atoms with van der Waals surface area (Å²) in [5.41, 5.74) is 0.578. The van der Waals surface area contributed by atoms with Crippen LogP contribution in [0.15, 0.2) is 0 Å². The number of esters is 1. The third kappa shape index (κ3) is 3.29. The number of carbonyl (C=O) groups is 1. The molecule has 2 atom stereocenters. The average molecular weight is 311 g/mol. The zero-order valence-electron chi connectivity index (χ0n) is 13.4. The SMILES string of the molecule is CCOC(=O)C1CCCc2sc(C(C)(CC)OCC)nc21. The highest BCUT2D eigenvalue weighted by molar-refractivity contribution is 7.11. The van der Waals surface area contributed by atoms with Crippen LogP contribution in [-0.4, -0.2) is 24.2 Å². The molecule has 1 heterocycles. The van der Waals surface area contributed by atoms with Crippen molar-refractivity contribution in [3.8, 4) is 0 Å². The molecular formula is C16H25NO3S. The van der Waals surface area contributed by atoms with Gasteiger partial charge in [-0.15, -0.1) is 11.3 Å². The van der Waals surface area contributed by atoms with Crippen LogP contribution < -0.4 is 0 Å². The van der Waals surface area contributed by atoms with Crippen LogP contribution >= 0.6 is 11.3 Å². The van der Waals surface area contributed by atoms with Gasteiger partial charge in [-0.05, 0) is 46.5 Å². The van der Waals surface area contributed by atoms with E-state index in [4.69, 9.17) is 14.5 Å². The number of carbonyl (C=O) groups excluding carboxylic acids is 1. The van der Waals surface area contributed by atoms with Crippen LogP contribution in [0.2, 0.25) is 0 Å². The summed E-state index contributed by atoms with van der Waals surface area (Å²) in [7, 11) is 0. The Labute approximate surface area is 130 Å². The van der Waals surface area contributed by atoms with Crippen molar-refractivity contribution in [2.24, 2.45) is 0 Å². The highest BCUT2D eigenvalue weighted by atomic mass is 32.1. The maximum atomic E-state index is 12.1. The number of aromatic nitrogens is 1. The van der Waals surface area contributed by atoms with Gasteiger partial charge in [0.2, 0.25) is 0 Å². The predicted octanol–water partition coefficient (Wildman–Crippen LogP) is 3.79. The summed E-state index contributed by atoms with van der Waals surface area (Å²) >= 11 is 1.70. The Bertz CT molecular complexity index is 500. The standard InChI is InChI=1S/C16H25NO3S/c1-5-16(4,20-7-3)15-17-13-11(14(18)19-6-2)9-8-10-12(13)21-15/h11H,5-10H2,1-4H3. The van der Waals surface area contributed by atoms with Gasteiger partial charge in [0.15, 0.2) is 0 Å². The summed E-state index contributed by atoms with van der Waals surface area (Å²) in [4.78, 5) is 18.1.